The Hall–Kier alpha value is -1.91. The molecule has 0 radical (unpaired) electrons. The van der Waals surface area contributed by atoms with Gasteiger partial charge in [-0.3, -0.25) is 4.57 Å². The van der Waals surface area contributed by atoms with Gasteiger partial charge in [0.1, 0.15) is 11.1 Å². The molecule has 7 heteroatoms. The lowest BCUT2D eigenvalue weighted by Gasteiger charge is -2.19. The van der Waals surface area contributed by atoms with Crippen LogP contribution >= 0.6 is 19.2 Å². The van der Waals surface area contributed by atoms with E-state index in [0.717, 1.165) is 0 Å². The summed E-state index contributed by atoms with van der Waals surface area (Å²) in [6, 6.07) is 15.2. The highest BCUT2D eigenvalue weighted by Crippen LogP contribution is 2.57. The van der Waals surface area contributed by atoms with E-state index in [1.165, 1.54) is 6.08 Å². The molecule has 0 aliphatic rings. The SMILES string of the molecule is CCOP(=O)(OCC)/C(=C/c1ccc(Cl)cc1)C(=O)Oc1ccccc1. The number of para-hydroxylation sites is 1. The van der Waals surface area contributed by atoms with E-state index in [9.17, 15) is 9.36 Å². The summed E-state index contributed by atoms with van der Waals surface area (Å²) in [7, 11) is -3.85. The van der Waals surface area contributed by atoms with Crippen LogP contribution in [0.2, 0.25) is 5.02 Å². The molecule has 0 N–H and O–H groups in total. The molecule has 0 saturated heterocycles. The second-order valence-corrected chi connectivity index (χ2v) is 7.55. The molecular weight excluding hydrogens is 375 g/mol. The van der Waals surface area contributed by atoms with E-state index in [2.05, 4.69) is 0 Å². The van der Waals surface area contributed by atoms with Crippen LogP contribution in [0, 0.1) is 0 Å². The second-order valence-electron chi connectivity index (χ2n) is 5.12. The number of carbonyl (C=O) groups is 1. The molecule has 0 spiro atoms. The summed E-state index contributed by atoms with van der Waals surface area (Å²) in [4.78, 5) is 12.7. The lowest BCUT2D eigenvalue weighted by Crippen LogP contribution is -2.14. The molecule has 0 atom stereocenters. The van der Waals surface area contributed by atoms with E-state index in [1.54, 1.807) is 68.4 Å². The van der Waals surface area contributed by atoms with Crippen LogP contribution < -0.4 is 4.74 Å². The van der Waals surface area contributed by atoms with Gasteiger partial charge < -0.3 is 13.8 Å². The monoisotopic (exact) mass is 394 g/mol. The molecule has 2 aromatic carbocycles. The highest BCUT2D eigenvalue weighted by Gasteiger charge is 2.36. The summed E-state index contributed by atoms with van der Waals surface area (Å²) in [5.41, 5.74) is 0.619. The topological polar surface area (TPSA) is 61.8 Å². The van der Waals surface area contributed by atoms with Crippen molar-refractivity contribution in [2.75, 3.05) is 13.2 Å². The van der Waals surface area contributed by atoms with Gasteiger partial charge in [-0.25, -0.2) is 4.79 Å². The summed E-state index contributed by atoms with van der Waals surface area (Å²) in [6.07, 6.45) is 1.44. The number of rotatable bonds is 8. The van der Waals surface area contributed by atoms with Crippen LogP contribution in [0.15, 0.2) is 59.9 Å². The lowest BCUT2D eigenvalue weighted by atomic mass is 10.2. The Labute approximate surface area is 158 Å². The van der Waals surface area contributed by atoms with Crippen molar-refractivity contribution in [3.63, 3.8) is 0 Å². The zero-order valence-corrected chi connectivity index (χ0v) is 16.2. The molecule has 0 amide bonds. The Morgan fingerprint density at radius 2 is 1.58 bits per heavy atom. The van der Waals surface area contributed by atoms with E-state index in [0.29, 0.717) is 16.3 Å². The van der Waals surface area contributed by atoms with E-state index in [1.807, 2.05) is 0 Å². The zero-order valence-electron chi connectivity index (χ0n) is 14.6. The van der Waals surface area contributed by atoms with Gasteiger partial charge in [0.2, 0.25) is 0 Å². The first-order chi connectivity index (χ1) is 12.5. The fraction of sp³-hybridized carbons (Fsp3) is 0.211. The quantitative estimate of drug-likeness (QED) is 0.254. The molecule has 26 heavy (non-hydrogen) atoms. The van der Waals surface area contributed by atoms with Gasteiger partial charge >= 0.3 is 13.6 Å². The van der Waals surface area contributed by atoms with Crippen LogP contribution in [0.3, 0.4) is 0 Å². The molecule has 2 aromatic rings. The molecule has 0 saturated carbocycles. The number of benzene rings is 2. The number of hydrogen-bond donors (Lipinski definition) is 0. The maximum atomic E-state index is 13.2. The Kier molecular flexibility index (Phi) is 7.61. The Morgan fingerprint density at radius 1 is 1.00 bits per heavy atom. The van der Waals surface area contributed by atoms with Crippen LogP contribution in [-0.2, 0) is 18.4 Å². The molecule has 0 aromatic heterocycles. The van der Waals surface area contributed by atoms with E-state index in [4.69, 9.17) is 25.4 Å². The molecule has 0 aliphatic heterocycles. The standard InChI is InChI=1S/C19H20ClO5P/c1-3-23-26(22,24-4-2)18(14-15-10-12-16(20)13-11-15)19(21)25-17-8-6-5-7-9-17/h5-14H,3-4H2,1-2H3/b18-14+. The molecule has 0 aliphatic carbocycles. The average molecular weight is 395 g/mol. The highest BCUT2D eigenvalue weighted by atomic mass is 35.5. The van der Waals surface area contributed by atoms with Crippen LogP contribution in [-0.4, -0.2) is 19.2 Å². The molecular formula is C19H20ClO5P. The fourth-order valence-electron chi connectivity index (χ4n) is 2.13. The summed E-state index contributed by atoms with van der Waals surface area (Å²) in [6.45, 7) is 3.59. The van der Waals surface area contributed by atoms with E-state index in [-0.39, 0.29) is 18.5 Å². The van der Waals surface area contributed by atoms with Gasteiger partial charge in [0.05, 0.1) is 13.2 Å². The van der Waals surface area contributed by atoms with Gasteiger partial charge in [0.25, 0.3) is 0 Å². The third-order valence-corrected chi connectivity index (χ3v) is 5.58. The van der Waals surface area contributed by atoms with Crippen LogP contribution in [0.1, 0.15) is 19.4 Å². The predicted octanol–water partition coefficient (Wildman–Crippen LogP) is 5.55. The van der Waals surface area contributed by atoms with Crippen LogP contribution in [0.25, 0.3) is 6.08 Å². The number of carbonyl (C=O) groups excluding carboxylic acids is 1. The van der Waals surface area contributed by atoms with Gasteiger partial charge in [-0.2, -0.15) is 0 Å². The highest BCUT2D eigenvalue weighted by molar-refractivity contribution is 7.60. The first kappa shape index (κ1) is 20.4. The Bertz CT molecular complexity index is 792. The average Bonchev–Trinajstić information content (AvgIpc) is 2.62. The van der Waals surface area contributed by atoms with Crippen molar-refractivity contribution >= 4 is 31.2 Å². The van der Waals surface area contributed by atoms with Crippen molar-refractivity contribution in [1.82, 2.24) is 0 Å². The molecule has 0 heterocycles. The van der Waals surface area contributed by atoms with Gasteiger partial charge in [-0.05, 0) is 49.8 Å². The van der Waals surface area contributed by atoms with Crippen molar-refractivity contribution in [2.24, 2.45) is 0 Å². The Morgan fingerprint density at radius 3 is 2.12 bits per heavy atom. The van der Waals surface area contributed by atoms with Crippen molar-refractivity contribution < 1.29 is 23.1 Å². The van der Waals surface area contributed by atoms with Gasteiger partial charge in [-0.15, -0.1) is 0 Å². The summed E-state index contributed by atoms with van der Waals surface area (Å²) in [5, 5.41) is 0.376. The van der Waals surface area contributed by atoms with E-state index >= 15 is 0 Å². The third-order valence-electron chi connectivity index (χ3n) is 3.23. The van der Waals surface area contributed by atoms with Crippen LogP contribution in [0.5, 0.6) is 5.75 Å². The third kappa shape index (κ3) is 5.55. The molecule has 0 bridgehead atoms. The fourth-order valence-corrected chi connectivity index (χ4v) is 3.87. The van der Waals surface area contributed by atoms with Crippen molar-refractivity contribution in [3.8, 4) is 5.75 Å². The molecule has 5 nitrogen and oxygen atoms in total. The molecule has 0 unspecified atom stereocenters. The second kappa shape index (κ2) is 9.70. The normalized spacial score (nSPS) is 12.0. The van der Waals surface area contributed by atoms with Gasteiger partial charge in [-0.1, -0.05) is 41.9 Å². The first-order valence-corrected chi connectivity index (χ1v) is 10.0. The summed E-state index contributed by atoms with van der Waals surface area (Å²) < 4.78 is 29.2. The number of halogens is 1. The predicted molar refractivity (Wildman–Crippen MR) is 102 cm³/mol. The minimum Gasteiger partial charge on any atom is -0.423 e. The molecule has 138 valence electrons. The zero-order chi connectivity index (χ0) is 19.0. The van der Waals surface area contributed by atoms with Crippen molar-refractivity contribution in [1.29, 1.82) is 0 Å². The van der Waals surface area contributed by atoms with Gasteiger partial charge in [0, 0.05) is 5.02 Å². The Balaban J connectivity index is 2.44. The molecule has 0 fully saturated rings. The maximum Gasteiger partial charge on any atom is 0.368 e. The summed E-state index contributed by atoms with van der Waals surface area (Å²) >= 11 is 5.89. The number of hydrogen-bond acceptors (Lipinski definition) is 5. The molecule has 2 rings (SSSR count). The number of esters is 1. The van der Waals surface area contributed by atoms with Crippen LogP contribution in [0.4, 0.5) is 0 Å². The summed E-state index contributed by atoms with van der Waals surface area (Å²) in [5.74, 6) is -0.463. The van der Waals surface area contributed by atoms with E-state index < -0.39 is 13.6 Å². The first-order valence-electron chi connectivity index (χ1n) is 8.12. The number of ether oxygens (including phenoxy) is 1. The maximum absolute atomic E-state index is 13.2. The van der Waals surface area contributed by atoms with Crippen molar-refractivity contribution in [2.45, 2.75) is 13.8 Å². The minimum absolute atomic E-state index is 0.119. The minimum atomic E-state index is -3.85. The van der Waals surface area contributed by atoms with Gasteiger partial charge in [0.15, 0.2) is 0 Å². The van der Waals surface area contributed by atoms with Crippen molar-refractivity contribution in [3.05, 3.63) is 70.5 Å². The lowest BCUT2D eigenvalue weighted by molar-refractivity contribution is -0.129. The largest absolute Gasteiger partial charge is 0.423 e. The smallest absolute Gasteiger partial charge is 0.368 e.